The molecule has 0 radical (unpaired) electrons. The minimum atomic E-state index is -3.76. The van der Waals surface area contributed by atoms with Gasteiger partial charge in [-0.25, -0.2) is 13.2 Å². The second-order valence-electron chi connectivity index (χ2n) is 10.7. The summed E-state index contributed by atoms with van der Waals surface area (Å²) in [6.45, 7) is 2.53. The van der Waals surface area contributed by atoms with Gasteiger partial charge in [0.05, 0.1) is 18.1 Å². The Balaban J connectivity index is 1.37. The summed E-state index contributed by atoms with van der Waals surface area (Å²) in [6.07, 6.45) is 1.58. The fourth-order valence-corrected chi connectivity index (χ4v) is 7.23. The molecule has 5 rings (SSSR count). The first-order valence-corrected chi connectivity index (χ1v) is 15.9. The van der Waals surface area contributed by atoms with Gasteiger partial charge in [0.25, 0.3) is 0 Å². The average Bonchev–Trinajstić information content (AvgIpc) is 3.04. The number of ether oxygens (including phenoxy) is 1. The minimum Gasteiger partial charge on any atom is -0.378 e. The molecule has 1 N–H and O–H groups in total. The van der Waals surface area contributed by atoms with Crippen LogP contribution < -0.4 is 5.32 Å². The molecule has 0 bridgehead atoms. The molecule has 2 heterocycles. The summed E-state index contributed by atoms with van der Waals surface area (Å²) in [5.41, 5.74) is 2.04. The van der Waals surface area contributed by atoms with E-state index in [2.05, 4.69) is 5.32 Å². The number of nitrogens with one attached hydrogen (secondary N) is 1. The second-order valence-corrected chi connectivity index (χ2v) is 12.6. The lowest BCUT2D eigenvalue weighted by Gasteiger charge is -2.42. The van der Waals surface area contributed by atoms with Crippen molar-refractivity contribution < 1.29 is 22.7 Å². The summed E-state index contributed by atoms with van der Waals surface area (Å²) < 4.78 is 34.4. The molecular weight excluding hydrogens is 552 g/mol. The molecule has 0 spiro atoms. The Labute approximate surface area is 248 Å². The van der Waals surface area contributed by atoms with Crippen LogP contribution in [0.3, 0.4) is 0 Å². The monoisotopic (exact) mass is 590 g/mol. The van der Waals surface area contributed by atoms with E-state index in [1.54, 1.807) is 44.4 Å². The summed E-state index contributed by atoms with van der Waals surface area (Å²) in [5.74, 6) is -0.207. The Bertz CT molecular complexity index is 1420. The molecule has 222 valence electrons. The number of hydrogen-bond donors (Lipinski definition) is 1. The van der Waals surface area contributed by atoms with E-state index in [9.17, 15) is 18.0 Å². The molecule has 0 saturated carbocycles. The van der Waals surface area contributed by atoms with Crippen molar-refractivity contribution >= 4 is 22.0 Å². The van der Waals surface area contributed by atoms with E-state index in [-0.39, 0.29) is 36.5 Å². The van der Waals surface area contributed by atoms with Crippen LogP contribution in [-0.4, -0.2) is 92.5 Å². The minimum absolute atomic E-state index is 0.178. The van der Waals surface area contributed by atoms with Crippen molar-refractivity contribution in [2.75, 3.05) is 45.9 Å². The predicted molar refractivity (Wildman–Crippen MR) is 160 cm³/mol. The highest BCUT2D eigenvalue weighted by atomic mass is 32.2. The van der Waals surface area contributed by atoms with Crippen LogP contribution in [0, 0.1) is 0 Å². The summed E-state index contributed by atoms with van der Waals surface area (Å²) in [7, 11) is -3.76. The van der Waals surface area contributed by atoms with Gasteiger partial charge < -0.3 is 19.9 Å². The number of morpholine rings is 1. The average molecular weight is 591 g/mol. The number of amides is 3. The Morgan fingerprint density at radius 3 is 2.02 bits per heavy atom. The molecule has 2 aliphatic heterocycles. The molecule has 2 aliphatic rings. The smallest absolute Gasteiger partial charge is 0.318 e. The summed E-state index contributed by atoms with van der Waals surface area (Å²) >= 11 is 0. The highest BCUT2D eigenvalue weighted by Gasteiger charge is 2.39. The summed E-state index contributed by atoms with van der Waals surface area (Å²) in [4.78, 5) is 30.9. The molecule has 2 atom stereocenters. The molecule has 0 aliphatic carbocycles. The number of carbonyl (C=O) groups is 2. The Morgan fingerprint density at radius 1 is 0.786 bits per heavy atom. The molecule has 2 fully saturated rings. The predicted octanol–water partition coefficient (Wildman–Crippen LogP) is 3.17. The third-order valence-corrected chi connectivity index (χ3v) is 9.84. The third-order valence-electron chi connectivity index (χ3n) is 7.88. The van der Waals surface area contributed by atoms with E-state index in [4.69, 9.17) is 4.74 Å². The fourth-order valence-electron chi connectivity index (χ4n) is 5.57. The number of hydrogen-bond acceptors (Lipinski definition) is 5. The Hall–Kier alpha value is -3.73. The highest BCUT2D eigenvalue weighted by Crippen LogP contribution is 2.25. The van der Waals surface area contributed by atoms with Crippen LogP contribution in [0.4, 0.5) is 4.79 Å². The van der Waals surface area contributed by atoms with Crippen LogP contribution in [0.1, 0.15) is 17.5 Å². The van der Waals surface area contributed by atoms with Gasteiger partial charge >= 0.3 is 6.03 Å². The Kier molecular flexibility index (Phi) is 9.89. The summed E-state index contributed by atoms with van der Waals surface area (Å²) in [5, 5.41) is 2.98. The van der Waals surface area contributed by atoms with E-state index in [1.165, 1.54) is 0 Å². The SMILES string of the molecule is O=C(N[C@@H](Cc1ccccc1)C(=O)N1CCN(S(=O)(=O)c2ccccc2)C(CCc2ccccc2)C1)N1CCOCC1. The zero-order chi connectivity index (χ0) is 29.4. The number of aryl methyl sites for hydroxylation is 1. The van der Waals surface area contributed by atoms with E-state index < -0.39 is 22.1 Å². The van der Waals surface area contributed by atoms with Crippen LogP contribution in [-0.2, 0) is 32.4 Å². The highest BCUT2D eigenvalue weighted by molar-refractivity contribution is 7.89. The number of rotatable bonds is 9. The van der Waals surface area contributed by atoms with Gasteiger partial charge in [0.1, 0.15) is 6.04 Å². The molecule has 42 heavy (non-hydrogen) atoms. The van der Waals surface area contributed by atoms with Crippen LogP contribution in [0.5, 0.6) is 0 Å². The van der Waals surface area contributed by atoms with Gasteiger partial charge in [-0.2, -0.15) is 4.31 Å². The molecule has 10 heteroatoms. The van der Waals surface area contributed by atoms with Gasteiger partial charge in [-0.05, 0) is 36.1 Å². The van der Waals surface area contributed by atoms with Crippen molar-refractivity contribution in [1.29, 1.82) is 0 Å². The largest absolute Gasteiger partial charge is 0.378 e. The zero-order valence-corrected chi connectivity index (χ0v) is 24.5. The molecule has 3 aromatic rings. The lowest BCUT2D eigenvalue weighted by molar-refractivity contribution is -0.135. The van der Waals surface area contributed by atoms with Crippen molar-refractivity contribution in [3.05, 3.63) is 102 Å². The van der Waals surface area contributed by atoms with E-state index in [1.807, 2.05) is 60.7 Å². The van der Waals surface area contributed by atoms with Crippen LogP contribution in [0.15, 0.2) is 95.9 Å². The molecule has 9 nitrogen and oxygen atoms in total. The maximum absolute atomic E-state index is 14.1. The number of carbonyl (C=O) groups excluding carboxylic acids is 2. The molecular formula is C32H38N4O5S. The normalized spacial score (nSPS) is 18.8. The molecule has 0 aromatic heterocycles. The number of urea groups is 1. The number of nitrogens with zero attached hydrogens (tertiary/aromatic N) is 3. The van der Waals surface area contributed by atoms with Gasteiger partial charge in [-0.3, -0.25) is 4.79 Å². The van der Waals surface area contributed by atoms with Gasteiger partial charge in [-0.1, -0.05) is 78.9 Å². The van der Waals surface area contributed by atoms with Gasteiger partial charge in [0, 0.05) is 45.2 Å². The zero-order valence-electron chi connectivity index (χ0n) is 23.7. The molecule has 2 saturated heterocycles. The summed E-state index contributed by atoms with van der Waals surface area (Å²) in [6, 6.07) is 26.5. The molecule has 1 unspecified atom stereocenters. The number of piperazine rings is 1. The molecule has 3 aromatic carbocycles. The first-order valence-electron chi connectivity index (χ1n) is 14.5. The van der Waals surface area contributed by atoms with Gasteiger partial charge in [0.15, 0.2) is 0 Å². The van der Waals surface area contributed by atoms with Crippen molar-refractivity contribution in [3.63, 3.8) is 0 Å². The van der Waals surface area contributed by atoms with E-state index in [0.717, 1.165) is 11.1 Å². The molecule has 3 amide bonds. The van der Waals surface area contributed by atoms with Crippen molar-refractivity contribution in [3.8, 4) is 0 Å². The standard InChI is InChI=1S/C32H38N4O5S/c37-31(30(24-27-12-6-2-7-13-27)33-32(38)34-20-22-41-23-21-34)35-18-19-36(42(39,40)29-14-8-3-9-15-29)28(25-35)17-16-26-10-4-1-5-11-26/h1-15,28,30H,16-25H2,(H,33,38)/t28?,30-/m0/s1. The third kappa shape index (κ3) is 7.36. The van der Waals surface area contributed by atoms with Crippen molar-refractivity contribution in [1.82, 2.24) is 19.4 Å². The van der Waals surface area contributed by atoms with E-state index in [0.29, 0.717) is 45.6 Å². The quantitative estimate of drug-likeness (QED) is 0.413. The first kappa shape index (κ1) is 29.8. The lowest BCUT2D eigenvalue weighted by atomic mass is 10.0. The fraction of sp³-hybridized carbons (Fsp3) is 0.375. The Morgan fingerprint density at radius 2 is 1.38 bits per heavy atom. The number of sulfonamides is 1. The lowest BCUT2D eigenvalue weighted by Crippen LogP contribution is -2.61. The van der Waals surface area contributed by atoms with E-state index >= 15 is 0 Å². The van der Waals surface area contributed by atoms with Gasteiger partial charge in [0.2, 0.25) is 15.9 Å². The maximum Gasteiger partial charge on any atom is 0.318 e. The second kappa shape index (κ2) is 14.0. The van der Waals surface area contributed by atoms with Crippen LogP contribution in [0.25, 0.3) is 0 Å². The number of benzene rings is 3. The van der Waals surface area contributed by atoms with Crippen molar-refractivity contribution in [2.45, 2.75) is 36.2 Å². The maximum atomic E-state index is 14.1. The van der Waals surface area contributed by atoms with Crippen LogP contribution in [0.2, 0.25) is 0 Å². The van der Waals surface area contributed by atoms with Crippen LogP contribution >= 0.6 is 0 Å². The van der Waals surface area contributed by atoms with Gasteiger partial charge in [-0.15, -0.1) is 0 Å². The topological polar surface area (TPSA) is 99.3 Å². The van der Waals surface area contributed by atoms with Crippen molar-refractivity contribution in [2.24, 2.45) is 0 Å². The first-order chi connectivity index (χ1) is 20.4.